The van der Waals surface area contributed by atoms with Gasteiger partial charge in [0.1, 0.15) is 0 Å². The van der Waals surface area contributed by atoms with Crippen LogP contribution in [0.5, 0.6) is 0 Å². The van der Waals surface area contributed by atoms with Crippen LogP contribution < -0.4 is 4.90 Å². The Hall–Kier alpha value is -1.61. The number of anilines is 1. The van der Waals surface area contributed by atoms with Gasteiger partial charge < -0.3 is 0 Å². The predicted octanol–water partition coefficient (Wildman–Crippen LogP) is 3.35. The first-order valence-electron chi connectivity index (χ1n) is 6.82. The van der Waals surface area contributed by atoms with Gasteiger partial charge in [-0.05, 0) is 37.0 Å². The van der Waals surface area contributed by atoms with E-state index in [1.807, 2.05) is 26.0 Å². The molecule has 3 rings (SSSR count). The van der Waals surface area contributed by atoms with Crippen molar-refractivity contribution in [3.8, 4) is 0 Å². The van der Waals surface area contributed by atoms with Crippen LogP contribution in [0.1, 0.15) is 18.9 Å². The zero-order valence-electron chi connectivity index (χ0n) is 11.5. The molecule has 4 heteroatoms. The van der Waals surface area contributed by atoms with E-state index in [4.69, 9.17) is 11.6 Å². The molecule has 1 aliphatic heterocycles. The molecule has 1 aliphatic carbocycles. The molecule has 0 bridgehead atoms. The van der Waals surface area contributed by atoms with Crippen LogP contribution in [0.15, 0.2) is 30.4 Å². The highest BCUT2D eigenvalue weighted by Gasteiger charge is 2.50. The predicted molar refractivity (Wildman–Crippen MR) is 78.6 cm³/mol. The number of allylic oxidation sites excluding steroid dienone is 2. The summed E-state index contributed by atoms with van der Waals surface area (Å²) in [5, 5.41) is 0.573. The van der Waals surface area contributed by atoms with E-state index in [0.717, 1.165) is 5.56 Å². The number of fused-ring (bicyclic) bond motifs is 1. The minimum Gasteiger partial charge on any atom is -0.274 e. The van der Waals surface area contributed by atoms with Crippen molar-refractivity contribution in [1.82, 2.24) is 0 Å². The molecule has 3 atom stereocenters. The fourth-order valence-electron chi connectivity index (χ4n) is 3.22. The first-order valence-corrected chi connectivity index (χ1v) is 7.19. The van der Waals surface area contributed by atoms with Crippen molar-refractivity contribution in [1.29, 1.82) is 0 Å². The number of hydrogen-bond acceptors (Lipinski definition) is 2. The molecule has 0 N–H and O–H groups in total. The lowest BCUT2D eigenvalue weighted by Crippen LogP contribution is -2.32. The number of rotatable bonds is 1. The average Bonchev–Trinajstić information content (AvgIpc) is 2.67. The van der Waals surface area contributed by atoms with Crippen molar-refractivity contribution in [2.75, 3.05) is 4.90 Å². The molecule has 0 spiro atoms. The van der Waals surface area contributed by atoms with Crippen molar-refractivity contribution < 1.29 is 9.59 Å². The highest BCUT2D eigenvalue weighted by atomic mass is 35.5. The Bertz CT molecular complexity index is 623. The lowest BCUT2D eigenvalue weighted by molar-refractivity contribution is -0.122. The molecule has 3 nitrogen and oxygen atoms in total. The van der Waals surface area contributed by atoms with E-state index in [9.17, 15) is 9.59 Å². The van der Waals surface area contributed by atoms with Crippen LogP contribution in [0.4, 0.5) is 5.69 Å². The van der Waals surface area contributed by atoms with Gasteiger partial charge in [0.25, 0.3) is 0 Å². The molecule has 0 saturated carbocycles. The Morgan fingerprint density at radius 2 is 2.00 bits per heavy atom. The van der Waals surface area contributed by atoms with Crippen LogP contribution in [0.25, 0.3) is 0 Å². The number of carbonyl (C=O) groups excluding carboxylic acids is 2. The molecule has 0 aromatic heterocycles. The molecule has 1 saturated heterocycles. The van der Waals surface area contributed by atoms with Gasteiger partial charge in [0.05, 0.1) is 17.5 Å². The van der Waals surface area contributed by atoms with Crippen LogP contribution in [0, 0.1) is 24.7 Å². The summed E-state index contributed by atoms with van der Waals surface area (Å²) in [7, 11) is 0. The molecule has 1 heterocycles. The van der Waals surface area contributed by atoms with Gasteiger partial charge in [0.2, 0.25) is 11.8 Å². The maximum atomic E-state index is 12.7. The van der Waals surface area contributed by atoms with Crippen molar-refractivity contribution in [2.45, 2.75) is 20.3 Å². The summed E-state index contributed by atoms with van der Waals surface area (Å²) in [6.07, 6.45) is 4.68. The van der Waals surface area contributed by atoms with E-state index in [1.165, 1.54) is 4.90 Å². The molecule has 1 aromatic rings. The van der Waals surface area contributed by atoms with Crippen molar-refractivity contribution in [3.05, 3.63) is 40.9 Å². The maximum Gasteiger partial charge on any atom is 0.238 e. The highest BCUT2D eigenvalue weighted by Crippen LogP contribution is 2.41. The van der Waals surface area contributed by atoms with Crippen molar-refractivity contribution in [2.24, 2.45) is 17.8 Å². The second kappa shape index (κ2) is 4.74. The average molecular weight is 290 g/mol. The van der Waals surface area contributed by atoms with Gasteiger partial charge in [-0.15, -0.1) is 0 Å². The summed E-state index contributed by atoms with van der Waals surface area (Å²) in [5.74, 6) is -0.537. The molecule has 104 valence electrons. The minimum atomic E-state index is -0.231. The molecule has 2 aliphatic rings. The fourth-order valence-corrected chi connectivity index (χ4v) is 3.39. The lowest BCUT2D eigenvalue weighted by Gasteiger charge is -2.22. The summed E-state index contributed by atoms with van der Waals surface area (Å²) in [6, 6.07) is 5.32. The summed E-state index contributed by atoms with van der Waals surface area (Å²) in [5.41, 5.74) is 1.39. The minimum absolute atomic E-state index is 0.0952. The van der Waals surface area contributed by atoms with Gasteiger partial charge in [-0.1, -0.05) is 36.7 Å². The Balaban J connectivity index is 2.06. The first-order chi connectivity index (χ1) is 9.52. The van der Waals surface area contributed by atoms with E-state index in [0.29, 0.717) is 17.1 Å². The SMILES string of the molecule is Cc1c(Cl)cccc1N1C(=O)[C@@H]2[C@@H](C)C=CC[C@H]2C1=O. The van der Waals surface area contributed by atoms with Gasteiger partial charge in [-0.25, -0.2) is 4.90 Å². The summed E-state index contributed by atoms with van der Waals surface area (Å²) in [6.45, 7) is 3.83. The molecule has 1 fully saturated rings. The fraction of sp³-hybridized carbons (Fsp3) is 0.375. The number of hydrogen-bond donors (Lipinski definition) is 0. The third-order valence-corrected chi connectivity index (χ3v) is 4.76. The van der Waals surface area contributed by atoms with Crippen molar-refractivity contribution >= 4 is 29.1 Å². The number of halogens is 1. The second-order valence-corrected chi connectivity index (χ2v) is 5.96. The van der Waals surface area contributed by atoms with E-state index >= 15 is 0 Å². The zero-order valence-corrected chi connectivity index (χ0v) is 12.2. The quantitative estimate of drug-likeness (QED) is 0.587. The Morgan fingerprint density at radius 1 is 1.25 bits per heavy atom. The maximum absolute atomic E-state index is 12.7. The van der Waals surface area contributed by atoms with Gasteiger partial charge in [-0.3, -0.25) is 9.59 Å². The Morgan fingerprint density at radius 3 is 2.70 bits per heavy atom. The lowest BCUT2D eigenvalue weighted by atomic mass is 9.78. The van der Waals surface area contributed by atoms with Gasteiger partial charge in [0.15, 0.2) is 0 Å². The topological polar surface area (TPSA) is 37.4 Å². The van der Waals surface area contributed by atoms with Crippen LogP contribution >= 0.6 is 11.6 Å². The van der Waals surface area contributed by atoms with Crippen molar-refractivity contribution in [3.63, 3.8) is 0 Å². The number of carbonyl (C=O) groups is 2. The van der Waals surface area contributed by atoms with E-state index in [1.54, 1.807) is 18.2 Å². The van der Waals surface area contributed by atoms with Crippen LogP contribution in [0.2, 0.25) is 5.02 Å². The standard InChI is InChI=1S/C16H16ClNO2/c1-9-5-3-6-11-14(9)16(20)18(15(11)19)13-8-4-7-12(17)10(13)2/h3-5,7-9,11,14H,6H2,1-2H3/t9-,11+,14+/m0/s1. The molecular weight excluding hydrogens is 274 g/mol. The zero-order chi connectivity index (χ0) is 14.4. The summed E-state index contributed by atoms with van der Waals surface area (Å²) >= 11 is 6.11. The van der Waals surface area contributed by atoms with Crippen LogP contribution in [-0.4, -0.2) is 11.8 Å². The smallest absolute Gasteiger partial charge is 0.238 e. The Labute approximate surface area is 123 Å². The summed E-state index contributed by atoms with van der Waals surface area (Å²) in [4.78, 5) is 26.6. The van der Waals surface area contributed by atoms with Gasteiger partial charge in [0, 0.05) is 5.02 Å². The third kappa shape index (κ3) is 1.80. The van der Waals surface area contributed by atoms with Gasteiger partial charge >= 0.3 is 0 Å². The van der Waals surface area contributed by atoms with E-state index < -0.39 is 0 Å². The molecular formula is C16H16ClNO2. The van der Waals surface area contributed by atoms with E-state index in [2.05, 4.69) is 0 Å². The molecule has 1 aromatic carbocycles. The number of imide groups is 1. The van der Waals surface area contributed by atoms with Gasteiger partial charge in [-0.2, -0.15) is 0 Å². The normalized spacial score (nSPS) is 28.9. The van der Waals surface area contributed by atoms with E-state index in [-0.39, 0.29) is 29.6 Å². The molecule has 0 unspecified atom stereocenters. The third-order valence-electron chi connectivity index (χ3n) is 4.35. The largest absolute Gasteiger partial charge is 0.274 e. The monoisotopic (exact) mass is 289 g/mol. The van der Waals surface area contributed by atoms with Crippen LogP contribution in [0.3, 0.4) is 0 Å². The summed E-state index contributed by atoms with van der Waals surface area (Å²) < 4.78 is 0. The number of amides is 2. The first kappa shape index (κ1) is 13.4. The highest BCUT2D eigenvalue weighted by molar-refractivity contribution is 6.32. The Kier molecular flexibility index (Phi) is 3.17. The molecule has 20 heavy (non-hydrogen) atoms. The number of nitrogens with zero attached hydrogens (tertiary/aromatic N) is 1. The molecule has 0 radical (unpaired) electrons. The number of benzene rings is 1. The second-order valence-electron chi connectivity index (χ2n) is 5.55. The van der Waals surface area contributed by atoms with Crippen LogP contribution in [-0.2, 0) is 9.59 Å². The molecule has 2 amide bonds.